The number of nitrogens with one attached hydrogen (secondary N) is 1. The molecule has 5 unspecified atom stereocenters. The molecule has 1 aliphatic rings. The molecule has 0 aromatic heterocycles. The molecule has 1 heterocycles. The zero-order valence-corrected chi connectivity index (χ0v) is 12.0. The van der Waals surface area contributed by atoms with E-state index < -0.39 is 0 Å². The lowest BCUT2D eigenvalue weighted by molar-refractivity contribution is 0.151. The second kappa shape index (κ2) is 6.27. The maximum absolute atomic E-state index is 5.81. The number of thiol groups is 1. The van der Waals surface area contributed by atoms with Crippen molar-refractivity contribution in [3.05, 3.63) is 0 Å². The molecule has 16 heavy (non-hydrogen) atoms. The molecule has 0 amide bonds. The third-order valence-corrected chi connectivity index (χ3v) is 4.67. The van der Waals surface area contributed by atoms with Gasteiger partial charge in [0.1, 0.15) is 0 Å². The second-order valence-electron chi connectivity index (χ2n) is 5.85. The van der Waals surface area contributed by atoms with Crippen molar-refractivity contribution in [1.82, 2.24) is 5.32 Å². The Hall–Kier alpha value is 0.270. The van der Waals surface area contributed by atoms with E-state index in [1.165, 1.54) is 19.3 Å². The summed E-state index contributed by atoms with van der Waals surface area (Å²) in [5.41, 5.74) is 5.81. The van der Waals surface area contributed by atoms with E-state index in [-0.39, 0.29) is 6.17 Å². The molecule has 1 aliphatic heterocycles. The van der Waals surface area contributed by atoms with Crippen LogP contribution in [0.15, 0.2) is 0 Å². The summed E-state index contributed by atoms with van der Waals surface area (Å²) >= 11 is 4.69. The van der Waals surface area contributed by atoms with Crippen LogP contribution in [0, 0.1) is 17.8 Å². The van der Waals surface area contributed by atoms with Crippen molar-refractivity contribution in [2.24, 2.45) is 23.5 Å². The molecular weight excluding hydrogens is 216 g/mol. The predicted molar refractivity (Wildman–Crippen MR) is 74.7 cm³/mol. The zero-order chi connectivity index (χ0) is 12.3. The highest BCUT2D eigenvalue weighted by molar-refractivity contribution is 7.80. The van der Waals surface area contributed by atoms with Crippen LogP contribution in [-0.2, 0) is 0 Å². The van der Waals surface area contributed by atoms with Gasteiger partial charge in [-0.05, 0) is 37.0 Å². The zero-order valence-electron chi connectivity index (χ0n) is 11.1. The minimum absolute atomic E-state index is 0.220. The summed E-state index contributed by atoms with van der Waals surface area (Å²) in [5.74, 6) is 2.17. The summed E-state index contributed by atoms with van der Waals surface area (Å²) in [6, 6.07) is 0.624. The van der Waals surface area contributed by atoms with Gasteiger partial charge in [0.15, 0.2) is 0 Å². The quantitative estimate of drug-likeness (QED) is 0.629. The van der Waals surface area contributed by atoms with E-state index >= 15 is 0 Å². The van der Waals surface area contributed by atoms with Gasteiger partial charge in [-0.15, -0.1) is 0 Å². The first-order valence-corrected chi connectivity index (χ1v) is 7.13. The summed E-state index contributed by atoms with van der Waals surface area (Å²) < 4.78 is 0. The summed E-state index contributed by atoms with van der Waals surface area (Å²) in [6.07, 6.45) is 3.87. The average molecular weight is 244 g/mol. The molecule has 2 nitrogen and oxygen atoms in total. The third-order valence-electron chi connectivity index (χ3n) is 4.20. The van der Waals surface area contributed by atoms with Gasteiger partial charge in [0.2, 0.25) is 0 Å². The normalized spacial score (nSPS) is 33.6. The summed E-state index contributed by atoms with van der Waals surface area (Å²) in [6.45, 7) is 9.14. The van der Waals surface area contributed by atoms with Crippen LogP contribution >= 0.6 is 12.6 Å². The summed E-state index contributed by atoms with van der Waals surface area (Å²) in [7, 11) is 0. The van der Waals surface area contributed by atoms with Gasteiger partial charge in [-0.1, -0.05) is 27.7 Å². The molecule has 0 bridgehead atoms. The highest BCUT2D eigenvalue weighted by atomic mass is 32.1. The van der Waals surface area contributed by atoms with Crippen LogP contribution in [0.2, 0.25) is 0 Å². The van der Waals surface area contributed by atoms with E-state index in [2.05, 4.69) is 33.0 Å². The lowest BCUT2D eigenvalue weighted by atomic mass is 9.85. The third kappa shape index (κ3) is 3.94. The molecule has 5 atom stereocenters. The Bertz CT molecular complexity index is 208. The SMILES string of the molecule is CC(C)C(C)CC(S)CCC1NC(N)C1C. The Morgan fingerprint density at radius 1 is 1.31 bits per heavy atom. The van der Waals surface area contributed by atoms with Crippen LogP contribution in [0.5, 0.6) is 0 Å². The van der Waals surface area contributed by atoms with Gasteiger partial charge < -0.3 is 5.73 Å². The van der Waals surface area contributed by atoms with Crippen molar-refractivity contribution >= 4 is 12.6 Å². The molecule has 0 radical (unpaired) electrons. The topological polar surface area (TPSA) is 38.0 Å². The van der Waals surface area contributed by atoms with Crippen LogP contribution in [0.1, 0.15) is 47.0 Å². The molecule has 1 fully saturated rings. The van der Waals surface area contributed by atoms with Crippen molar-refractivity contribution in [1.29, 1.82) is 0 Å². The molecule has 0 aliphatic carbocycles. The van der Waals surface area contributed by atoms with Gasteiger partial charge in [-0.2, -0.15) is 12.6 Å². The molecule has 0 aromatic rings. The maximum Gasteiger partial charge on any atom is 0.0590 e. The number of hydrogen-bond donors (Lipinski definition) is 3. The number of rotatable bonds is 6. The molecule has 0 spiro atoms. The van der Waals surface area contributed by atoms with Crippen molar-refractivity contribution in [2.45, 2.75) is 64.4 Å². The summed E-state index contributed by atoms with van der Waals surface area (Å²) in [4.78, 5) is 0. The second-order valence-corrected chi connectivity index (χ2v) is 6.58. The highest BCUT2D eigenvalue weighted by Crippen LogP contribution is 2.26. The lowest BCUT2D eigenvalue weighted by Gasteiger charge is -2.42. The van der Waals surface area contributed by atoms with Crippen LogP contribution in [0.25, 0.3) is 0 Å². The van der Waals surface area contributed by atoms with Gasteiger partial charge in [-0.3, -0.25) is 5.32 Å². The fraction of sp³-hybridized carbons (Fsp3) is 1.00. The Balaban J connectivity index is 2.13. The first-order chi connectivity index (χ1) is 7.41. The van der Waals surface area contributed by atoms with Gasteiger partial charge in [0.25, 0.3) is 0 Å². The standard InChI is InChI=1S/C13H28N2S/c1-8(2)9(3)7-11(16)5-6-12-10(4)13(14)15-12/h8-13,15-16H,5-7,14H2,1-4H3. The molecule has 96 valence electrons. The number of nitrogens with two attached hydrogens (primary N) is 1. The van der Waals surface area contributed by atoms with Crippen LogP contribution < -0.4 is 11.1 Å². The van der Waals surface area contributed by atoms with Crippen molar-refractivity contribution in [2.75, 3.05) is 0 Å². The average Bonchev–Trinajstić information content (AvgIpc) is 2.23. The van der Waals surface area contributed by atoms with Crippen molar-refractivity contribution in [3.8, 4) is 0 Å². The van der Waals surface area contributed by atoms with E-state index in [1.54, 1.807) is 0 Å². The minimum Gasteiger partial charge on any atom is -0.316 e. The minimum atomic E-state index is 0.220. The summed E-state index contributed by atoms with van der Waals surface area (Å²) in [5, 5.41) is 3.91. The Morgan fingerprint density at radius 2 is 1.94 bits per heavy atom. The van der Waals surface area contributed by atoms with Crippen molar-refractivity contribution in [3.63, 3.8) is 0 Å². The lowest BCUT2D eigenvalue weighted by Crippen LogP contribution is -2.64. The molecule has 0 saturated carbocycles. The smallest absolute Gasteiger partial charge is 0.0590 e. The molecule has 1 rings (SSSR count). The predicted octanol–water partition coefficient (Wildman–Crippen LogP) is 2.64. The maximum atomic E-state index is 5.81. The fourth-order valence-corrected chi connectivity index (χ4v) is 2.70. The first kappa shape index (κ1) is 14.3. The van der Waals surface area contributed by atoms with Gasteiger partial charge in [0.05, 0.1) is 6.17 Å². The number of hydrogen-bond acceptors (Lipinski definition) is 3. The van der Waals surface area contributed by atoms with E-state index in [1.807, 2.05) is 0 Å². The van der Waals surface area contributed by atoms with Gasteiger partial charge in [0, 0.05) is 11.3 Å². The highest BCUT2D eigenvalue weighted by Gasteiger charge is 2.33. The first-order valence-electron chi connectivity index (χ1n) is 6.61. The Morgan fingerprint density at radius 3 is 2.38 bits per heavy atom. The molecule has 3 N–H and O–H groups in total. The molecular formula is C13H28N2S. The largest absolute Gasteiger partial charge is 0.316 e. The van der Waals surface area contributed by atoms with E-state index in [4.69, 9.17) is 18.4 Å². The monoisotopic (exact) mass is 244 g/mol. The molecule has 0 aromatic carbocycles. The van der Waals surface area contributed by atoms with Crippen LogP contribution in [0.4, 0.5) is 0 Å². The molecule has 1 saturated heterocycles. The van der Waals surface area contributed by atoms with E-state index in [9.17, 15) is 0 Å². The van der Waals surface area contributed by atoms with Gasteiger partial charge in [-0.25, -0.2) is 0 Å². The van der Waals surface area contributed by atoms with Gasteiger partial charge >= 0.3 is 0 Å². The van der Waals surface area contributed by atoms with Crippen LogP contribution in [0.3, 0.4) is 0 Å². The Labute approximate surface area is 106 Å². The van der Waals surface area contributed by atoms with Crippen molar-refractivity contribution < 1.29 is 0 Å². The van der Waals surface area contributed by atoms with E-state index in [0.717, 1.165) is 11.8 Å². The molecule has 3 heteroatoms. The fourth-order valence-electron chi connectivity index (χ4n) is 2.22. The van der Waals surface area contributed by atoms with E-state index in [0.29, 0.717) is 17.2 Å². The Kier molecular flexibility index (Phi) is 5.62. The van der Waals surface area contributed by atoms with Crippen LogP contribution in [-0.4, -0.2) is 17.5 Å².